The predicted octanol–water partition coefficient (Wildman–Crippen LogP) is 2.22. The molecule has 0 spiro atoms. The van der Waals surface area contributed by atoms with E-state index in [1.165, 1.54) is 19.0 Å². The van der Waals surface area contributed by atoms with Gasteiger partial charge in [-0.2, -0.15) is 13.2 Å². The maximum Gasteiger partial charge on any atom is 0.433 e. The fourth-order valence-electron chi connectivity index (χ4n) is 3.40. The summed E-state index contributed by atoms with van der Waals surface area (Å²) in [5.41, 5.74) is -0.197. The van der Waals surface area contributed by atoms with E-state index >= 15 is 0 Å². The smallest absolute Gasteiger partial charge is 0.369 e. The predicted molar refractivity (Wildman–Crippen MR) is 83.5 cm³/mol. The summed E-state index contributed by atoms with van der Waals surface area (Å²) in [6.45, 7) is 6.63. The van der Waals surface area contributed by atoms with E-state index in [4.69, 9.17) is 0 Å². The Morgan fingerprint density at radius 2 is 2.00 bits per heavy atom. The number of nitrogens with zero attached hydrogens (tertiary/aromatic N) is 3. The van der Waals surface area contributed by atoms with Gasteiger partial charge in [0.2, 0.25) is 0 Å². The number of hydrogen-bond donors (Lipinski definition) is 1. The molecule has 0 aliphatic carbocycles. The summed E-state index contributed by atoms with van der Waals surface area (Å²) in [5.74, 6) is 0.702. The molecule has 1 aromatic rings. The van der Waals surface area contributed by atoms with Crippen LogP contribution in [0.5, 0.6) is 0 Å². The zero-order chi connectivity index (χ0) is 16.3. The molecule has 2 saturated heterocycles. The Balaban J connectivity index is 1.54. The van der Waals surface area contributed by atoms with Crippen LogP contribution in [0.3, 0.4) is 0 Å². The third kappa shape index (κ3) is 4.35. The molecule has 23 heavy (non-hydrogen) atoms. The molecule has 1 N–H and O–H groups in total. The van der Waals surface area contributed by atoms with Gasteiger partial charge in [-0.05, 0) is 44.0 Å². The molecule has 1 unspecified atom stereocenters. The Bertz CT molecular complexity index is 506. The summed E-state index contributed by atoms with van der Waals surface area (Å²) in [6.07, 6.45) is -0.627. The van der Waals surface area contributed by atoms with E-state index in [-0.39, 0.29) is 0 Å². The fourth-order valence-corrected chi connectivity index (χ4v) is 3.40. The van der Waals surface area contributed by atoms with E-state index in [0.29, 0.717) is 11.6 Å². The van der Waals surface area contributed by atoms with Crippen molar-refractivity contribution in [2.75, 3.05) is 50.7 Å². The summed E-state index contributed by atoms with van der Waals surface area (Å²) in [6, 6.07) is 2.82. The van der Waals surface area contributed by atoms with Crippen LogP contribution < -0.4 is 10.2 Å². The largest absolute Gasteiger partial charge is 0.433 e. The first kappa shape index (κ1) is 16.5. The van der Waals surface area contributed by atoms with Gasteiger partial charge in [0.25, 0.3) is 0 Å². The monoisotopic (exact) mass is 328 g/mol. The molecular weight excluding hydrogens is 305 g/mol. The van der Waals surface area contributed by atoms with Gasteiger partial charge in [-0.1, -0.05) is 0 Å². The van der Waals surface area contributed by atoms with Crippen molar-refractivity contribution >= 4 is 5.69 Å². The van der Waals surface area contributed by atoms with Crippen molar-refractivity contribution in [2.24, 2.45) is 5.92 Å². The van der Waals surface area contributed by atoms with Crippen molar-refractivity contribution in [1.29, 1.82) is 0 Å². The molecule has 1 aromatic heterocycles. The van der Waals surface area contributed by atoms with Crippen molar-refractivity contribution in [3.05, 3.63) is 24.0 Å². The lowest BCUT2D eigenvalue weighted by atomic mass is 9.99. The minimum absolute atomic E-state index is 0.617. The highest BCUT2D eigenvalue weighted by Gasteiger charge is 2.33. The normalized spacial score (nSPS) is 24.0. The molecule has 3 heterocycles. The zero-order valence-corrected chi connectivity index (χ0v) is 13.1. The van der Waals surface area contributed by atoms with Crippen molar-refractivity contribution in [3.8, 4) is 0 Å². The Hall–Kier alpha value is -1.34. The molecule has 2 aliphatic rings. The number of piperazine rings is 1. The molecule has 0 saturated carbocycles. The fraction of sp³-hybridized carbons (Fsp3) is 0.688. The maximum absolute atomic E-state index is 12.8. The second-order valence-electron chi connectivity index (χ2n) is 6.40. The summed E-state index contributed by atoms with van der Waals surface area (Å²) < 4.78 is 38.3. The van der Waals surface area contributed by atoms with E-state index in [1.54, 1.807) is 6.07 Å². The summed E-state index contributed by atoms with van der Waals surface area (Å²) in [5, 5.41) is 3.43. The number of nitrogens with one attached hydrogen (secondary N) is 1. The van der Waals surface area contributed by atoms with Gasteiger partial charge in [0.05, 0.1) is 0 Å². The Morgan fingerprint density at radius 1 is 1.22 bits per heavy atom. The van der Waals surface area contributed by atoms with E-state index in [9.17, 15) is 13.2 Å². The van der Waals surface area contributed by atoms with Gasteiger partial charge in [-0.3, -0.25) is 9.88 Å². The number of aromatic nitrogens is 1. The van der Waals surface area contributed by atoms with Crippen molar-refractivity contribution in [1.82, 2.24) is 15.2 Å². The number of piperidine rings is 1. The Kier molecular flexibility index (Phi) is 5.06. The SMILES string of the molecule is FC(F)(F)c1cc(N2CCN(CC3CCCNC3)CC2)ccn1. The quantitative estimate of drug-likeness (QED) is 0.922. The average molecular weight is 328 g/mol. The lowest BCUT2D eigenvalue weighted by Crippen LogP contribution is -2.49. The number of hydrogen-bond acceptors (Lipinski definition) is 4. The molecule has 7 heteroatoms. The van der Waals surface area contributed by atoms with Gasteiger partial charge in [-0.25, -0.2) is 0 Å². The molecule has 0 radical (unpaired) electrons. The highest BCUT2D eigenvalue weighted by molar-refractivity contribution is 5.47. The molecule has 2 fully saturated rings. The molecule has 3 rings (SSSR count). The second kappa shape index (κ2) is 7.05. The van der Waals surface area contributed by atoms with Gasteiger partial charge >= 0.3 is 6.18 Å². The van der Waals surface area contributed by atoms with Crippen molar-refractivity contribution < 1.29 is 13.2 Å². The molecule has 1 atom stereocenters. The van der Waals surface area contributed by atoms with E-state index in [0.717, 1.165) is 51.9 Å². The van der Waals surface area contributed by atoms with Crippen LogP contribution in [0, 0.1) is 5.92 Å². The minimum atomic E-state index is -4.38. The first-order valence-corrected chi connectivity index (χ1v) is 8.23. The van der Waals surface area contributed by atoms with Crippen LogP contribution in [-0.4, -0.2) is 55.7 Å². The van der Waals surface area contributed by atoms with Crippen LogP contribution in [-0.2, 0) is 6.18 Å². The van der Waals surface area contributed by atoms with Gasteiger partial charge in [0.15, 0.2) is 0 Å². The van der Waals surface area contributed by atoms with E-state index in [2.05, 4.69) is 15.2 Å². The van der Waals surface area contributed by atoms with Crippen LogP contribution >= 0.6 is 0 Å². The molecule has 4 nitrogen and oxygen atoms in total. The van der Waals surface area contributed by atoms with Gasteiger partial charge < -0.3 is 10.2 Å². The van der Waals surface area contributed by atoms with Crippen LogP contribution in [0.15, 0.2) is 18.3 Å². The topological polar surface area (TPSA) is 31.4 Å². The van der Waals surface area contributed by atoms with Crippen LogP contribution in [0.25, 0.3) is 0 Å². The highest BCUT2D eigenvalue weighted by Crippen LogP contribution is 2.30. The van der Waals surface area contributed by atoms with Crippen LogP contribution in [0.2, 0.25) is 0 Å². The maximum atomic E-state index is 12.8. The first-order chi connectivity index (χ1) is 11.0. The summed E-state index contributed by atoms with van der Waals surface area (Å²) >= 11 is 0. The molecule has 128 valence electrons. The Morgan fingerprint density at radius 3 is 2.65 bits per heavy atom. The van der Waals surface area contributed by atoms with Crippen molar-refractivity contribution in [2.45, 2.75) is 19.0 Å². The first-order valence-electron chi connectivity index (χ1n) is 8.23. The molecular formula is C16H23F3N4. The lowest BCUT2D eigenvalue weighted by molar-refractivity contribution is -0.141. The van der Waals surface area contributed by atoms with E-state index in [1.807, 2.05) is 4.90 Å². The lowest BCUT2D eigenvalue weighted by Gasteiger charge is -2.38. The highest BCUT2D eigenvalue weighted by atomic mass is 19.4. The number of rotatable bonds is 3. The van der Waals surface area contributed by atoms with Crippen molar-refractivity contribution in [3.63, 3.8) is 0 Å². The van der Waals surface area contributed by atoms with Crippen LogP contribution in [0.1, 0.15) is 18.5 Å². The molecule has 0 amide bonds. The third-order valence-electron chi connectivity index (χ3n) is 4.69. The zero-order valence-electron chi connectivity index (χ0n) is 13.1. The summed E-state index contributed by atoms with van der Waals surface area (Å²) in [7, 11) is 0. The number of halogens is 3. The van der Waals surface area contributed by atoms with Gasteiger partial charge in [0.1, 0.15) is 5.69 Å². The van der Waals surface area contributed by atoms with Gasteiger partial charge in [0, 0.05) is 44.6 Å². The number of anilines is 1. The standard InChI is InChI=1S/C16H23F3N4/c17-16(18,19)15-10-14(3-5-21-15)23-8-6-22(7-9-23)12-13-2-1-4-20-11-13/h3,5,10,13,20H,1-2,4,6-9,11-12H2. The second-order valence-corrected chi connectivity index (χ2v) is 6.40. The number of pyridine rings is 1. The van der Waals surface area contributed by atoms with E-state index < -0.39 is 11.9 Å². The third-order valence-corrected chi connectivity index (χ3v) is 4.69. The summed E-state index contributed by atoms with van der Waals surface area (Å²) in [4.78, 5) is 7.88. The Labute approximate surface area is 134 Å². The molecule has 2 aliphatic heterocycles. The number of alkyl halides is 3. The van der Waals surface area contributed by atoms with Crippen LogP contribution in [0.4, 0.5) is 18.9 Å². The molecule has 0 bridgehead atoms. The average Bonchev–Trinajstić information content (AvgIpc) is 2.56. The molecule has 0 aromatic carbocycles. The van der Waals surface area contributed by atoms with Gasteiger partial charge in [-0.15, -0.1) is 0 Å². The minimum Gasteiger partial charge on any atom is -0.369 e.